The summed E-state index contributed by atoms with van der Waals surface area (Å²) in [6.45, 7) is 2.04. The molecular formula is C10H12Cl3N. The van der Waals surface area contributed by atoms with Crippen LogP contribution < -0.4 is 5.73 Å². The fourth-order valence-electron chi connectivity index (χ4n) is 1.15. The second-order valence-electron chi connectivity index (χ2n) is 3.13. The van der Waals surface area contributed by atoms with E-state index in [1.807, 2.05) is 19.1 Å². The van der Waals surface area contributed by atoms with Gasteiger partial charge in [-0.25, -0.2) is 0 Å². The fourth-order valence-corrected chi connectivity index (χ4v) is 1.53. The molecule has 0 saturated carbocycles. The zero-order valence-electron chi connectivity index (χ0n) is 7.81. The minimum Gasteiger partial charge on any atom is -0.324 e. The molecule has 0 spiro atoms. The molecule has 0 aliphatic heterocycles. The first-order chi connectivity index (χ1) is 6.45. The first-order valence-electron chi connectivity index (χ1n) is 4.38. The lowest BCUT2D eigenvalue weighted by Crippen LogP contribution is -2.09. The van der Waals surface area contributed by atoms with E-state index in [9.17, 15) is 0 Å². The maximum absolute atomic E-state index is 5.85. The molecule has 1 nitrogen and oxygen atoms in total. The topological polar surface area (TPSA) is 26.0 Å². The van der Waals surface area contributed by atoms with Gasteiger partial charge >= 0.3 is 0 Å². The number of halogens is 3. The number of hydrogen-bond acceptors (Lipinski definition) is 1. The molecule has 0 radical (unpaired) electrons. The molecule has 0 saturated heterocycles. The summed E-state index contributed by atoms with van der Waals surface area (Å²) in [5.41, 5.74) is 7.58. The number of benzene rings is 1. The van der Waals surface area contributed by atoms with Gasteiger partial charge in [0.05, 0.1) is 0 Å². The normalized spacial score (nSPS) is 14.1. The Balaban J connectivity index is 2.89. The fraction of sp³-hybridized carbons (Fsp3) is 0.400. The van der Waals surface area contributed by atoms with Gasteiger partial charge < -0.3 is 5.73 Å². The molecule has 1 unspecified atom stereocenters. The van der Waals surface area contributed by atoms with Gasteiger partial charge in [-0.15, -0.1) is 0 Å². The highest BCUT2D eigenvalue weighted by atomic mass is 35.6. The van der Waals surface area contributed by atoms with Gasteiger partial charge in [0.25, 0.3) is 0 Å². The Kier molecular flexibility index (Phi) is 4.08. The standard InChI is InChI=1S/C10H12Cl3N/c1-2-9(14)7-3-5-8(6-4-7)10(11,12)13/h3-6,9H,2,14H2,1H3. The molecule has 0 fully saturated rings. The maximum atomic E-state index is 5.85. The molecule has 0 heterocycles. The summed E-state index contributed by atoms with van der Waals surface area (Å²) in [5.74, 6) is 0. The van der Waals surface area contributed by atoms with Crippen molar-refractivity contribution in [1.29, 1.82) is 0 Å². The van der Waals surface area contributed by atoms with Crippen molar-refractivity contribution in [1.82, 2.24) is 0 Å². The largest absolute Gasteiger partial charge is 0.324 e. The smallest absolute Gasteiger partial charge is 0.216 e. The molecule has 78 valence electrons. The van der Waals surface area contributed by atoms with Crippen LogP contribution in [0.15, 0.2) is 24.3 Å². The predicted octanol–water partition coefficient (Wildman–Crippen LogP) is 3.92. The summed E-state index contributed by atoms with van der Waals surface area (Å²) in [7, 11) is 0. The summed E-state index contributed by atoms with van der Waals surface area (Å²) in [6, 6.07) is 7.42. The second-order valence-corrected chi connectivity index (χ2v) is 5.42. The Morgan fingerprint density at radius 3 is 2.07 bits per heavy atom. The van der Waals surface area contributed by atoms with Crippen LogP contribution in [0.25, 0.3) is 0 Å². The van der Waals surface area contributed by atoms with E-state index < -0.39 is 3.79 Å². The molecule has 2 N–H and O–H groups in total. The lowest BCUT2D eigenvalue weighted by atomic mass is 10.0. The Labute approximate surface area is 99.1 Å². The summed E-state index contributed by atoms with van der Waals surface area (Å²) < 4.78 is -1.35. The third-order valence-corrected chi connectivity index (χ3v) is 2.76. The average molecular weight is 253 g/mol. The van der Waals surface area contributed by atoms with E-state index >= 15 is 0 Å². The van der Waals surface area contributed by atoms with Crippen molar-refractivity contribution in [2.45, 2.75) is 23.2 Å². The molecule has 0 bridgehead atoms. The first-order valence-corrected chi connectivity index (χ1v) is 5.51. The highest BCUT2D eigenvalue weighted by molar-refractivity contribution is 6.66. The molecule has 1 aromatic rings. The van der Waals surface area contributed by atoms with Crippen molar-refractivity contribution in [2.24, 2.45) is 5.73 Å². The van der Waals surface area contributed by atoms with Gasteiger partial charge in [-0.05, 0) is 12.0 Å². The van der Waals surface area contributed by atoms with Crippen LogP contribution in [0.2, 0.25) is 0 Å². The number of rotatable bonds is 2. The van der Waals surface area contributed by atoms with E-state index in [0.717, 1.165) is 12.0 Å². The summed E-state index contributed by atoms with van der Waals surface area (Å²) in [4.78, 5) is 0. The van der Waals surface area contributed by atoms with Crippen LogP contribution in [0.4, 0.5) is 0 Å². The third-order valence-electron chi connectivity index (χ3n) is 2.11. The highest BCUT2D eigenvalue weighted by Crippen LogP contribution is 2.38. The zero-order valence-corrected chi connectivity index (χ0v) is 10.1. The Bertz CT molecular complexity index is 289. The van der Waals surface area contributed by atoms with Gasteiger partial charge in [0.2, 0.25) is 3.79 Å². The van der Waals surface area contributed by atoms with Crippen LogP contribution in [-0.4, -0.2) is 0 Å². The van der Waals surface area contributed by atoms with Gasteiger partial charge in [-0.1, -0.05) is 66.0 Å². The van der Waals surface area contributed by atoms with Crippen molar-refractivity contribution < 1.29 is 0 Å². The van der Waals surface area contributed by atoms with E-state index in [1.54, 1.807) is 12.1 Å². The second kappa shape index (κ2) is 4.71. The van der Waals surface area contributed by atoms with Gasteiger partial charge in [0.15, 0.2) is 0 Å². The zero-order chi connectivity index (χ0) is 10.8. The quantitative estimate of drug-likeness (QED) is 0.793. The van der Waals surface area contributed by atoms with E-state index in [1.165, 1.54) is 0 Å². The van der Waals surface area contributed by atoms with Crippen LogP contribution in [-0.2, 0) is 3.79 Å². The summed E-state index contributed by atoms with van der Waals surface area (Å²) in [5, 5.41) is 0. The highest BCUT2D eigenvalue weighted by Gasteiger charge is 2.22. The van der Waals surface area contributed by atoms with Crippen LogP contribution >= 0.6 is 34.8 Å². The molecule has 0 aliphatic rings. The van der Waals surface area contributed by atoms with Crippen molar-refractivity contribution in [3.8, 4) is 0 Å². The van der Waals surface area contributed by atoms with E-state index in [0.29, 0.717) is 5.56 Å². The SMILES string of the molecule is CCC(N)c1ccc(C(Cl)(Cl)Cl)cc1. The van der Waals surface area contributed by atoms with E-state index in [2.05, 4.69) is 0 Å². The summed E-state index contributed by atoms with van der Waals surface area (Å²) >= 11 is 17.2. The summed E-state index contributed by atoms with van der Waals surface area (Å²) in [6.07, 6.45) is 0.896. The van der Waals surface area contributed by atoms with Crippen LogP contribution in [0.5, 0.6) is 0 Å². The molecule has 1 atom stereocenters. The average Bonchev–Trinajstić information content (AvgIpc) is 2.15. The number of hydrogen-bond donors (Lipinski definition) is 1. The molecule has 1 aromatic carbocycles. The van der Waals surface area contributed by atoms with Gasteiger partial charge in [-0.2, -0.15) is 0 Å². The van der Waals surface area contributed by atoms with Crippen molar-refractivity contribution in [3.63, 3.8) is 0 Å². The van der Waals surface area contributed by atoms with E-state index in [4.69, 9.17) is 40.5 Å². The van der Waals surface area contributed by atoms with Crippen LogP contribution in [0, 0.1) is 0 Å². The third kappa shape index (κ3) is 3.03. The number of nitrogens with two attached hydrogens (primary N) is 1. The monoisotopic (exact) mass is 251 g/mol. The van der Waals surface area contributed by atoms with Gasteiger partial charge in [0.1, 0.15) is 0 Å². The predicted molar refractivity (Wildman–Crippen MR) is 62.9 cm³/mol. The van der Waals surface area contributed by atoms with Crippen molar-refractivity contribution in [3.05, 3.63) is 35.4 Å². The van der Waals surface area contributed by atoms with E-state index in [-0.39, 0.29) is 6.04 Å². The molecular weight excluding hydrogens is 240 g/mol. The Morgan fingerprint density at radius 2 is 1.71 bits per heavy atom. The minimum absolute atomic E-state index is 0.0550. The number of alkyl halides is 3. The molecule has 1 rings (SSSR count). The molecule has 4 heteroatoms. The lowest BCUT2D eigenvalue weighted by Gasteiger charge is -2.13. The van der Waals surface area contributed by atoms with Gasteiger partial charge in [-0.3, -0.25) is 0 Å². The van der Waals surface area contributed by atoms with Crippen molar-refractivity contribution >= 4 is 34.8 Å². The molecule has 0 aliphatic carbocycles. The Morgan fingerprint density at radius 1 is 1.21 bits per heavy atom. The molecule has 14 heavy (non-hydrogen) atoms. The minimum atomic E-state index is -1.35. The Hall–Kier alpha value is 0.0500. The lowest BCUT2D eigenvalue weighted by molar-refractivity contribution is 0.698. The molecule has 0 amide bonds. The van der Waals surface area contributed by atoms with Gasteiger partial charge in [0, 0.05) is 11.6 Å². The first kappa shape index (κ1) is 12.1. The van der Waals surface area contributed by atoms with Crippen LogP contribution in [0.3, 0.4) is 0 Å². The van der Waals surface area contributed by atoms with Crippen molar-refractivity contribution in [2.75, 3.05) is 0 Å². The molecule has 0 aromatic heterocycles. The van der Waals surface area contributed by atoms with Crippen LogP contribution in [0.1, 0.15) is 30.5 Å². The maximum Gasteiger partial charge on any atom is 0.216 e.